The van der Waals surface area contributed by atoms with Crippen molar-refractivity contribution in [3.05, 3.63) is 98.2 Å². The third-order valence-electron chi connectivity index (χ3n) is 5.11. The molecule has 1 aliphatic heterocycles. The first-order valence-electron chi connectivity index (χ1n) is 9.58. The molecule has 156 valence electrons. The summed E-state index contributed by atoms with van der Waals surface area (Å²) in [6, 6.07) is 17.8. The fraction of sp³-hybridized carbons (Fsp3) is 0.130. The Bertz CT molecular complexity index is 1230. The molecule has 31 heavy (non-hydrogen) atoms. The highest BCUT2D eigenvalue weighted by Gasteiger charge is 2.35. The minimum Gasteiger partial charge on any atom is -0.318 e. The molecule has 0 atom stereocenters. The fourth-order valence-electron chi connectivity index (χ4n) is 3.64. The largest absolute Gasteiger partial charge is 0.318 e. The summed E-state index contributed by atoms with van der Waals surface area (Å²) in [5.41, 5.74) is 4.33. The Morgan fingerprint density at radius 3 is 2.48 bits per heavy atom. The summed E-state index contributed by atoms with van der Waals surface area (Å²) in [5.74, 6) is -0.397. The molecular formula is C23H19N3O4S. The van der Waals surface area contributed by atoms with Crippen molar-refractivity contribution in [1.29, 1.82) is 0 Å². The van der Waals surface area contributed by atoms with Crippen molar-refractivity contribution < 1.29 is 14.5 Å². The van der Waals surface area contributed by atoms with Crippen molar-refractivity contribution in [2.24, 2.45) is 0 Å². The van der Waals surface area contributed by atoms with Crippen LogP contribution in [0, 0.1) is 24.0 Å². The molecule has 0 saturated carbocycles. The molecule has 0 aliphatic carbocycles. The SMILES string of the molecule is Cc1cc(C=C2SC(=O)N(Cc3cccc([N+](=O)[O-])c3)C2=O)c(C)n1-c1ccccc1. The van der Waals surface area contributed by atoms with Crippen LogP contribution in [0.3, 0.4) is 0 Å². The minimum atomic E-state index is -0.500. The van der Waals surface area contributed by atoms with Crippen LogP contribution in [0.25, 0.3) is 11.8 Å². The normalized spacial score (nSPS) is 15.2. The monoisotopic (exact) mass is 433 g/mol. The summed E-state index contributed by atoms with van der Waals surface area (Å²) in [5, 5.41) is 10.6. The van der Waals surface area contributed by atoms with Crippen LogP contribution in [0.4, 0.5) is 10.5 Å². The Balaban J connectivity index is 1.61. The van der Waals surface area contributed by atoms with E-state index in [-0.39, 0.29) is 17.5 Å². The molecule has 1 aliphatic rings. The number of nitrogens with zero attached hydrogens (tertiary/aromatic N) is 3. The topological polar surface area (TPSA) is 85.5 Å². The van der Waals surface area contributed by atoms with Gasteiger partial charge in [-0.1, -0.05) is 30.3 Å². The first-order valence-corrected chi connectivity index (χ1v) is 10.4. The van der Waals surface area contributed by atoms with Gasteiger partial charge in [-0.25, -0.2) is 0 Å². The van der Waals surface area contributed by atoms with Crippen molar-refractivity contribution >= 4 is 34.7 Å². The molecule has 8 heteroatoms. The Morgan fingerprint density at radius 1 is 1.03 bits per heavy atom. The summed E-state index contributed by atoms with van der Waals surface area (Å²) >= 11 is 0.881. The van der Waals surface area contributed by atoms with Gasteiger partial charge in [0.2, 0.25) is 0 Å². The zero-order chi connectivity index (χ0) is 22.1. The maximum Gasteiger partial charge on any atom is 0.293 e. The number of benzene rings is 2. The van der Waals surface area contributed by atoms with Gasteiger partial charge in [-0.2, -0.15) is 0 Å². The highest BCUT2D eigenvalue weighted by atomic mass is 32.2. The van der Waals surface area contributed by atoms with E-state index < -0.39 is 10.8 Å². The van der Waals surface area contributed by atoms with E-state index in [1.165, 1.54) is 12.1 Å². The summed E-state index contributed by atoms with van der Waals surface area (Å²) in [4.78, 5) is 37.3. The Morgan fingerprint density at radius 2 is 1.77 bits per heavy atom. The maximum absolute atomic E-state index is 12.9. The molecular weight excluding hydrogens is 414 g/mol. The van der Waals surface area contributed by atoms with E-state index in [1.807, 2.05) is 50.2 Å². The van der Waals surface area contributed by atoms with E-state index in [4.69, 9.17) is 0 Å². The molecule has 0 spiro atoms. The number of imide groups is 1. The second-order valence-electron chi connectivity index (χ2n) is 7.19. The zero-order valence-electron chi connectivity index (χ0n) is 16.9. The fourth-order valence-corrected chi connectivity index (χ4v) is 4.47. The van der Waals surface area contributed by atoms with Gasteiger partial charge in [0.05, 0.1) is 16.4 Å². The van der Waals surface area contributed by atoms with E-state index in [2.05, 4.69) is 4.57 Å². The number of aryl methyl sites for hydroxylation is 1. The number of carbonyl (C=O) groups excluding carboxylic acids is 2. The molecule has 2 amide bonds. The highest BCUT2D eigenvalue weighted by molar-refractivity contribution is 8.18. The quantitative estimate of drug-likeness (QED) is 0.312. The lowest BCUT2D eigenvalue weighted by Crippen LogP contribution is -2.27. The maximum atomic E-state index is 12.9. The second kappa shape index (κ2) is 8.23. The smallest absolute Gasteiger partial charge is 0.293 e. The van der Waals surface area contributed by atoms with Gasteiger partial charge in [0.25, 0.3) is 16.8 Å². The second-order valence-corrected chi connectivity index (χ2v) is 8.19. The van der Waals surface area contributed by atoms with Gasteiger partial charge in [-0.05, 0) is 61.0 Å². The van der Waals surface area contributed by atoms with Gasteiger partial charge < -0.3 is 4.57 Å². The van der Waals surface area contributed by atoms with Gasteiger partial charge in [0, 0.05) is 29.2 Å². The van der Waals surface area contributed by atoms with Crippen LogP contribution in [0.15, 0.2) is 65.6 Å². The summed E-state index contributed by atoms with van der Waals surface area (Å²) < 4.78 is 2.10. The lowest BCUT2D eigenvalue weighted by atomic mass is 10.2. The summed E-state index contributed by atoms with van der Waals surface area (Å²) in [6.07, 6.45) is 1.74. The lowest BCUT2D eigenvalue weighted by Gasteiger charge is -2.12. The Hall–Kier alpha value is -3.65. The van der Waals surface area contributed by atoms with Crippen LogP contribution in [-0.2, 0) is 11.3 Å². The number of aromatic nitrogens is 1. The van der Waals surface area contributed by atoms with E-state index >= 15 is 0 Å². The molecule has 7 nitrogen and oxygen atoms in total. The van der Waals surface area contributed by atoms with Crippen molar-refractivity contribution in [3.63, 3.8) is 0 Å². The molecule has 2 heterocycles. The van der Waals surface area contributed by atoms with Crippen molar-refractivity contribution in [3.8, 4) is 5.69 Å². The molecule has 0 N–H and O–H groups in total. The van der Waals surface area contributed by atoms with Crippen molar-refractivity contribution in [1.82, 2.24) is 9.47 Å². The molecule has 0 unspecified atom stereocenters. The van der Waals surface area contributed by atoms with Gasteiger partial charge in [0.1, 0.15) is 0 Å². The molecule has 3 aromatic rings. The summed E-state index contributed by atoms with van der Waals surface area (Å²) in [7, 11) is 0. The highest BCUT2D eigenvalue weighted by Crippen LogP contribution is 2.35. The van der Waals surface area contributed by atoms with Gasteiger partial charge >= 0.3 is 0 Å². The average Bonchev–Trinajstić information content (AvgIpc) is 3.18. The number of nitro benzene ring substituents is 1. The predicted molar refractivity (Wildman–Crippen MR) is 120 cm³/mol. The van der Waals surface area contributed by atoms with Crippen molar-refractivity contribution in [2.75, 3.05) is 0 Å². The molecule has 0 radical (unpaired) electrons. The van der Waals surface area contributed by atoms with Crippen LogP contribution in [0.5, 0.6) is 0 Å². The molecule has 4 rings (SSSR count). The van der Waals surface area contributed by atoms with Crippen LogP contribution < -0.4 is 0 Å². The standard InChI is InChI=1S/C23H19N3O4S/c1-15-11-18(16(2)25(15)19-8-4-3-5-9-19)13-21-22(27)24(23(28)31-21)14-17-7-6-10-20(12-17)26(29)30/h3-13H,14H2,1-2H3. The third kappa shape index (κ3) is 4.02. The first kappa shape index (κ1) is 20.6. The number of thioether (sulfide) groups is 1. The number of rotatable bonds is 5. The number of amides is 2. The molecule has 1 fully saturated rings. The predicted octanol–water partition coefficient (Wildman–Crippen LogP) is 5.24. The van der Waals surface area contributed by atoms with Crippen LogP contribution in [0.1, 0.15) is 22.5 Å². The number of nitro groups is 1. The number of hydrogen-bond donors (Lipinski definition) is 0. The molecule has 0 bridgehead atoms. The van der Waals surface area contributed by atoms with Crippen LogP contribution in [0.2, 0.25) is 0 Å². The van der Waals surface area contributed by atoms with Gasteiger partial charge in [0.15, 0.2) is 0 Å². The average molecular weight is 433 g/mol. The van der Waals surface area contributed by atoms with E-state index in [1.54, 1.807) is 18.2 Å². The van der Waals surface area contributed by atoms with Gasteiger partial charge in [-0.15, -0.1) is 0 Å². The van der Waals surface area contributed by atoms with E-state index in [9.17, 15) is 19.7 Å². The zero-order valence-corrected chi connectivity index (χ0v) is 17.8. The van der Waals surface area contributed by atoms with E-state index in [0.717, 1.165) is 39.3 Å². The van der Waals surface area contributed by atoms with Crippen molar-refractivity contribution in [2.45, 2.75) is 20.4 Å². The number of carbonyl (C=O) groups is 2. The molecule has 1 aromatic heterocycles. The number of hydrogen-bond acceptors (Lipinski definition) is 5. The number of non-ortho nitro benzene ring substituents is 1. The Kier molecular flexibility index (Phi) is 5.48. The molecule has 2 aromatic carbocycles. The first-order chi connectivity index (χ1) is 14.8. The van der Waals surface area contributed by atoms with E-state index in [0.29, 0.717) is 10.5 Å². The van der Waals surface area contributed by atoms with Gasteiger partial charge in [-0.3, -0.25) is 24.6 Å². The summed E-state index contributed by atoms with van der Waals surface area (Å²) in [6.45, 7) is 3.96. The minimum absolute atomic E-state index is 0.00722. The van der Waals surface area contributed by atoms with Crippen LogP contribution in [-0.4, -0.2) is 25.5 Å². The Labute approximate surface area is 183 Å². The molecule has 1 saturated heterocycles. The lowest BCUT2D eigenvalue weighted by molar-refractivity contribution is -0.384. The third-order valence-corrected chi connectivity index (χ3v) is 6.01. The van der Waals surface area contributed by atoms with Crippen LogP contribution >= 0.6 is 11.8 Å². The number of para-hydroxylation sites is 1.